The molecular formula is C22H27ClN2O7S. The van der Waals surface area contributed by atoms with Crippen LogP contribution in [-0.4, -0.2) is 43.4 Å². The molecule has 2 aromatic rings. The monoisotopic (exact) mass is 498 g/mol. The Bertz CT molecular complexity index is 1090. The van der Waals surface area contributed by atoms with Crippen molar-refractivity contribution in [3.63, 3.8) is 0 Å². The zero-order valence-electron chi connectivity index (χ0n) is 18.9. The minimum absolute atomic E-state index is 0.00118. The maximum absolute atomic E-state index is 13.7. The fraction of sp³-hybridized carbons (Fsp3) is 0.409. The van der Waals surface area contributed by atoms with Crippen molar-refractivity contribution >= 4 is 33.3 Å². The van der Waals surface area contributed by atoms with Gasteiger partial charge in [-0.25, -0.2) is 8.42 Å². The molecule has 0 radical (unpaired) electrons. The van der Waals surface area contributed by atoms with Crippen molar-refractivity contribution in [3.05, 3.63) is 63.2 Å². The molecule has 1 atom stereocenters. The van der Waals surface area contributed by atoms with Crippen molar-refractivity contribution in [3.8, 4) is 5.75 Å². The first-order valence-electron chi connectivity index (χ1n) is 10.3. The summed E-state index contributed by atoms with van der Waals surface area (Å²) in [6.07, 6.45) is -0.170. The second kappa shape index (κ2) is 11.4. The van der Waals surface area contributed by atoms with Gasteiger partial charge in [-0.3, -0.25) is 14.9 Å². The number of nitro groups is 1. The summed E-state index contributed by atoms with van der Waals surface area (Å²) < 4.78 is 38.7. The molecule has 0 heterocycles. The van der Waals surface area contributed by atoms with Gasteiger partial charge < -0.3 is 9.47 Å². The molecule has 0 aliphatic heterocycles. The highest BCUT2D eigenvalue weighted by Crippen LogP contribution is 2.30. The number of carbonyl (C=O) groups excluding carboxylic acids is 1. The zero-order valence-corrected chi connectivity index (χ0v) is 20.4. The van der Waals surface area contributed by atoms with Gasteiger partial charge in [0.05, 0.1) is 30.0 Å². The lowest BCUT2D eigenvalue weighted by molar-refractivity contribution is -0.384. The maximum Gasteiger partial charge on any atom is 0.307 e. The molecule has 11 heteroatoms. The summed E-state index contributed by atoms with van der Waals surface area (Å²) in [5, 5.41) is 11.3. The Balaban J connectivity index is 2.57. The number of halogens is 1. The fourth-order valence-electron chi connectivity index (χ4n) is 3.30. The first-order chi connectivity index (χ1) is 15.5. The van der Waals surface area contributed by atoms with Crippen LogP contribution in [0.25, 0.3) is 0 Å². The van der Waals surface area contributed by atoms with Crippen molar-refractivity contribution in [1.29, 1.82) is 0 Å². The first-order valence-corrected chi connectivity index (χ1v) is 12.1. The van der Waals surface area contributed by atoms with Gasteiger partial charge in [-0.05, 0) is 48.7 Å². The Labute approximate surface area is 198 Å². The molecule has 2 aromatic carbocycles. The van der Waals surface area contributed by atoms with E-state index in [0.29, 0.717) is 11.3 Å². The highest BCUT2D eigenvalue weighted by Gasteiger charge is 2.35. The van der Waals surface area contributed by atoms with Crippen molar-refractivity contribution in [2.24, 2.45) is 5.92 Å². The van der Waals surface area contributed by atoms with Crippen molar-refractivity contribution in [2.75, 3.05) is 13.7 Å². The van der Waals surface area contributed by atoms with Crippen LogP contribution in [0.15, 0.2) is 47.4 Å². The molecule has 0 saturated heterocycles. The molecule has 0 fully saturated rings. The minimum atomic E-state index is -4.11. The van der Waals surface area contributed by atoms with E-state index in [4.69, 9.17) is 21.1 Å². The number of hydrogen-bond donors (Lipinski definition) is 0. The van der Waals surface area contributed by atoms with E-state index in [0.717, 1.165) is 0 Å². The molecule has 33 heavy (non-hydrogen) atoms. The number of sulfonamides is 1. The number of rotatable bonds is 11. The van der Waals surface area contributed by atoms with Gasteiger partial charge in [-0.15, -0.1) is 0 Å². The van der Waals surface area contributed by atoms with E-state index in [1.54, 1.807) is 20.8 Å². The number of nitrogens with zero attached hydrogens (tertiary/aromatic N) is 2. The molecule has 0 aromatic heterocycles. The Morgan fingerprint density at radius 3 is 2.33 bits per heavy atom. The third-order valence-corrected chi connectivity index (χ3v) is 7.24. The first kappa shape index (κ1) is 26.6. The lowest BCUT2D eigenvalue weighted by Gasteiger charge is -2.33. The normalized spacial score (nSPS) is 12.6. The van der Waals surface area contributed by atoms with Gasteiger partial charge in [-0.1, -0.05) is 31.5 Å². The maximum atomic E-state index is 13.7. The van der Waals surface area contributed by atoms with E-state index < -0.39 is 27.0 Å². The number of benzene rings is 2. The quantitative estimate of drug-likeness (QED) is 0.255. The average molecular weight is 499 g/mol. The van der Waals surface area contributed by atoms with E-state index >= 15 is 0 Å². The Hall–Kier alpha value is -2.69. The molecule has 9 nitrogen and oxygen atoms in total. The summed E-state index contributed by atoms with van der Waals surface area (Å²) in [6, 6.07) is 9.21. The highest BCUT2D eigenvalue weighted by molar-refractivity contribution is 7.89. The number of methoxy groups -OCH3 is 1. The Kier molecular flexibility index (Phi) is 9.21. The van der Waals surface area contributed by atoms with E-state index in [1.807, 2.05) is 0 Å². The Morgan fingerprint density at radius 1 is 1.18 bits per heavy atom. The summed E-state index contributed by atoms with van der Waals surface area (Å²) in [6.45, 7) is 5.23. The molecule has 0 unspecified atom stereocenters. The molecule has 0 N–H and O–H groups in total. The van der Waals surface area contributed by atoms with Gasteiger partial charge >= 0.3 is 5.97 Å². The van der Waals surface area contributed by atoms with E-state index in [2.05, 4.69) is 0 Å². The standard InChI is InChI=1S/C22H27ClN2O7S/c1-5-32-22(26)13-20(15(2)3)24(14-16-6-11-19(23)21(12-16)25(27)28)33(29,30)18-9-7-17(31-4)8-10-18/h6-12,15,20H,5,13-14H2,1-4H3/t20-/m1/s1. The SMILES string of the molecule is CCOC(=O)C[C@H](C(C)C)N(Cc1ccc(Cl)c([N+](=O)[O-])c1)S(=O)(=O)c1ccc(OC)cc1. The van der Waals surface area contributed by atoms with Crippen molar-refractivity contribution in [2.45, 2.75) is 44.7 Å². The van der Waals surface area contributed by atoms with Crippen LogP contribution in [0.4, 0.5) is 5.69 Å². The molecule has 0 amide bonds. The van der Waals surface area contributed by atoms with Crippen LogP contribution in [0.5, 0.6) is 5.75 Å². The Morgan fingerprint density at radius 2 is 1.82 bits per heavy atom. The lowest BCUT2D eigenvalue weighted by Crippen LogP contribution is -2.44. The van der Waals surface area contributed by atoms with Crippen molar-refractivity contribution < 1.29 is 27.6 Å². The predicted octanol–water partition coefficient (Wildman–Crippen LogP) is 4.43. The third kappa shape index (κ3) is 6.66. The van der Waals surface area contributed by atoms with Crippen LogP contribution in [0.3, 0.4) is 0 Å². The molecule has 2 rings (SSSR count). The minimum Gasteiger partial charge on any atom is -0.497 e. The summed E-state index contributed by atoms with van der Waals surface area (Å²) in [5.41, 5.74) is 0.0279. The number of nitro benzene ring substituents is 1. The van der Waals surface area contributed by atoms with Gasteiger partial charge in [0.15, 0.2) is 0 Å². The number of ether oxygens (including phenoxy) is 2. The molecule has 0 bridgehead atoms. The molecule has 0 aliphatic carbocycles. The van der Waals surface area contributed by atoms with Crippen LogP contribution in [0, 0.1) is 16.0 Å². The van der Waals surface area contributed by atoms with Crippen LogP contribution in [0.2, 0.25) is 5.02 Å². The third-order valence-electron chi connectivity index (χ3n) is 5.03. The zero-order chi connectivity index (χ0) is 24.8. The molecule has 0 aliphatic rings. The van der Waals surface area contributed by atoms with Crippen LogP contribution >= 0.6 is 11.6 Å². The second-order valence-electron chi connectivity index (χ2n) is 7.59. The summed E-state index contributed by atoms with van der Waals surface area (Å²) in [5.74, 6) is -0.307. The van der Waals surface area contributed by atoms with Gasteiger partial charge in [0.25, 0.3) is 5.69 Å². The van der Waals surface area contributed by atoms with Crippen molar-refractivity contribution in [1.82, 2.24) is 4.31 Å². The van der Waals surface area contributed by atoms with Gasteiger partial charge in [0.2, 0.25) is 10.0 Å². The van der Waals surface area contributed by atoms with Gasteiger partial charge in [-0.2, -0.15) is 4.31 Å². The van der Waals surface area contributed by atoms with E-state index in [1.165, 1.54) is 53.9 Å². The smallest absolute Gasteiger partial charge is 0.307 e. The summed E-state index contributed by atoms with van der Waals surface area (Å²) >= 11 is 5.91. The number of esters is 1. The van der Waals surface area contributed by atoms with Crippen LogP contribution in [-0.2, 0) is 26.1 Å². The molecule has 0 saturated carbocycles. The molecular weight excluding hydrogens is 472 g/mol. The summed E-state index contributed by atoms with van der Waals surface area (Å²) in [7, 11) is -2.64. The largest absolute Gasteiger partial charge is 0.497 e. The van der Waals surface area contributed by atoms with E-state index in [-0.39, 0.29) is 41.1 Å². The fourth-order valence-corrected chi connectivity index (χ4v) is 5.23. The average Bonchev–Trinajstić information content (AvgIpc) is 2.77. The molecule has 180 valence electrons. The van der Waals surface area contributed by atoms with Crippen LogP contribution < -0.4 is 4.74 Å². The molecule has 0 spiro atoms. The van der Waals surface area contributed by atoms with E-state index in [9.17, 15) is 23.3 Å². The lowest BCUT2D eigenvalue weighted by atomic mass is 10.0. The number of carbonyl (C=O) groups is 1. The topological polar surface area (TPSA) is 116 Å². The van der Waals surface area contributed by atoms with Gasteiger partial charge in [0.1, 0.15) is 10.8 Å². The second-order valence-corrected chi connectivity index (χ2v) is 9.89. The summed E-state index contributed by atoms with van der Waals surface area (Å²) in [4.78, 5) is 23.0. The predicted molar refractivity (Wildman–Crippen MR) is 124 cm³/mol. The van der Waals surface area contributed by atoms with Gasteiger partial charge in [0, 0.05) is 18.7 Å². The highest BCUT2D eigenvalue weighted by atomic mass is 35.5. The number of hydrogen-bond acceptors (Lipinski definition) is 7. The van der Waals surface area contributed by atoms with Crippen LogP contribution in [0.1, 0.15) is 32.8 Å².